The molecule has 0 aliphatic heterocycles. The first-order valence-electron chi connectivity index (χ1n) is 11.0. The lowest BCUT2D eigenvalue weighted by Gasteiger charge is -2.30. The van der Waals surface area contributed by atoms with Gasteiger partial charge in [-0.1, -0.05) is 42.5 Å². The summed E-state index contributed by atoms with van der Waals surface area (Å²) in [5, 5.41) is 10.9. The fourth-order valence-electron chi connectivity index (χ4n) is 2.89. The summed E-state index contributed by atoms with van der Waals surface area (Å²) in [5.41, 5.74) is -1.70. The van der Waals surface area contributed by atoms with Crippen molar-refractivity contribution in [2.75, 3.05) is 26.4 Å². The summed E-state index contributed by atoms with van der Waals surface area (Å²) in [7, 11) is 0. The van der Waals surface area contributed by atoms with Gasteiger partial charge < -0.3 is 24.1 Å². The highest BCUT2D eigenvalue weighted by molar-refractivity contribution is 6.08. The minimum Gasteiger partial charge on any atom is -0.464 e. The first-order valence-corrected chi connectivity index (χ1v) is 11.0. The number of aryl methyl sites for hydroxylation is 1. The highest BCUT2D eigenvalue weighted by Gasteiger charge is 2.58. The smallest absolute Gasteiger partial charge is 0.353 e. The van der Waals surface area contributed by atoms with Crippen LogP contribution in [0.3, 0.4) is 0 Å². The Balaban J connectivity index is 2.70. The summed E-state index contributed by atoms with van der Waals surface area (Å²) in [5.74, 6) is -3.69. The van der Waals surface area contributed by atoms with Crippen LogP contribution in [0.25, 0.3) is 0 Å². The molecule has 1 rings (SSSR count). The summed E-state index contributed by atoms with van der Waals surface area (Å²) < 4.78 is 20.0. The van der Waals surface area contributed by atoms with E-state index in [2.05, 4.69) is 18.2 Å². The van der Waals surface area contributed by atoms with Crippen molar-refractivity contribution in [3.05, 3.63) is 48.0 Å². The Labute approximate surface area is 189 Å². The Hall–Kier alpha value is -2.71. The van der Waals surface area contributed by atoms with Gasteiger partial charge in [0, 0.05) is 6.61 Å². The van der Waals surface area contributed by atoms with E-state index in [0.29, 0.717) is 12.8 Å². The number of unbranched alkanes of at least 4 members (excludes halogenated alkanes) is 1. The fraction of sp³-hybridized carbons (Fsp3) is 0.542. The van der Waals surface area contributed by atoms with Crippen LogP contribution >= 0.6 is 0 Å². The molecule has 0 saturated carbocycles. The second kappa shape index (κ2) is 15.2. The van der Waals surface area contributed by atoms with Gasteiger partial charge in [0.1, 0.15) is 0 Å². The van der Waals surface area contributed by atoms with Gasteiger partial charge in [-0.2, -0.15) is 0 Å². The largest absolute Gasteiger partial charge is 0.464 e. The Morgan fingerprint density at radius 3 is 2.03 bits per heavy atom. The zero-order chi connectivity index (χ0) is 23.8. The van der Waals surface area contributed by atoms with E-state index in [4.69, 9.17) is 18.9 Å². The van der Waals surface area contributed by atoms with Crippen LogP contribution in [0.15, 0.2) is 42.5 Å². The van der Waals surface area contributed by atoms with Crippen LogP contribution in [0.4, 0.5) is 0 Å². The van der Waals surface area contributed by atoms with Gasteiger partial charge in [-0.15, -0.1) is 0 Å². The summed E-state index contributed by atoms with van der Waals surface area (Å²) in [4.78, 5) is 37.2. The predicted molar refractivity (Wildman–Crippen MR) is 118 cm³/mol. The van der Waals surface area contributed by atoms with Gasteiger partial charge >= 0.3 is 17.9 Å². The quantitative estimate of drug-likeness (QED) is 0.143. The molecule has 1 aromatic carbocycles. The normalized spacial score (nSPS) is 12.4. The van der Waals surface area contributed by atoms with Crippen LogP contribution < -0.4 is 0 Å². The molecular weight excluding hydrogens is 416 g/mol. The minimum atomic E-state index is -2.95. The Morgan fingerprint density at radius 2 is 1.47 bits per heavy atom. The van der Waals surface area contributed by atoms with E-state index >= 15 is 0 Å². The van der Waals surface area contributed by atoms with Gasteiger partial charge in [0.2, 0.25) is 6.10 Å². The van der Waals surface area contributed by atoms with Crippen LogP contribution in [0.2, 0.25) is 0 Å². The Kier molecular flexibility index (Phi) is 12.9. The van der Waals surface area contributed by atoms with Crippen molar-refractivity contribution in [1.82, 2.24) is 0 Å². The molecule has 1 aromatic rings. The molecule has 0 aromatic heterocycles. The van der Waals surface area contributed by atoms with Crippen molar-refractivity contribution in [3.8, 4) is 0 Å². The Bertz CT molecular complexity index is 711. The average Bonchev–Trinajstić information content (AvgIpc) is 2.78. The van der Waals surface area contributed by atoms with E-state index in [0.717, 1.165) is 12.8 Å². The zero-order valence-corrected chi connectivity index (χ0v) is 19.1. The van der Waals surface area contributed by atoms with E-state index in [9.17, 15) is 19.5 Å². The molecule has 1 N–H and O–H groups in total. The third-order valence-corrected chi connectivity index (χ3v) is 4.46. The number of carbonyl (C=O) groups excluding carboxylic acids is 3. The summed E-state index contributed by atoms with van der Waals surface area (Å²) in [6.45, 7) is 4.34. The van der Waals surface area contributed by atoms with Gasteiger partial charge in [-0.05, 0) is 52.0 Å². The minimum absolute atomic E-state index is 0.00757. The molecule has 1 atom stereocenters. The molecule has 0 aliphatic carbocycles. The number of esters is 3. The van der Waals surface area contributed by atoms with Crippen molar-refractivity contribution in [2.24, 2.45) is 0 Å². The molecular formula is C24H34O8. The lowest BCUT2D eigenvalue weighted by molar-refractivity contribution is -0.208. The molecule has 8 nitrogen and oxygen atoms in total. The van der Waals surface area contributed by atoms with Gasteiger partial charge in [-0.25, -0.2) is 14.4 Å². The SMILES string of the molecule is CCOC(=O)C(OCCCC=CCCc1ccccc1)C(O)(C(=O)OCC)C(=O)OCC. The number of hydrogen-bond donors (Lipinski definition) is 1. The Morgan fingerprint density at radius 1 is 0.906 bits per heavy atom. The van der Waals surface area contributed by atoms with E-state index in [1.54, 1.807) is 6.92 Å². The van der Waals surface area contributed by atoms with Crippen LogP contribution in [-0.2, 0) is 39.8 Å². The first-order chi connectivity index (χ1) is 15.4. The monoisotopic (exact) mass is 450 g/mol. The molecule has 0 heterocycles. The lowest BCUT2D eigenvalue weighted by atomic mass is 9.96. The molecule has 0 saturated heterocycles. The maximum atomic E-state index is 12.4. The van der Waals surface area contributed by atoms with Gasteiger partial charge in [0.15, 0.2) is 0 Å². The summed E-state index contributed by atoms with van der Waals surface area (Å²) in [6, 6.07) is 10.1. The van der Waals surface area contributed by atoms with Crippen molar-refractivity contribution < 1.29 is 38.4 Å². The third-order valence-electron chi connectivity index (χ3n) is 4.46. The first kappa shape index (κ1) is 27.3. The topological polar surface area (TPSA) is 108 Å². The van der Waals surface area contributed by atoms with Gasteiger partial charge in [0.25, 0.3) is 5.60 Å². The van der Waals surface area contributed by atoms with E-state index in [1.165, 1.54) is 19.4 Å². The number of allylic oxidation sites excluding steroid dienone is 2. The maximum Gasteiger partial charge on any atom is 0.353 e. The molecule has 1 unspecified atom stereocenters. The number of benzene rings is 1. The second-order valence-electron chi connectivity index (χ2n) is 6.85. The van der Waals surface area contributed by atoms with Crippen molar-refractivity contribution in [2.45, 2.75) is 58.2 Å². The van der Waals surface area contributed by atoms with E-state index < -0.39 is 29.6 Å². The molecule has 0 radical (unpaired) electrons. The second-order valence-corrected chi connectivity index (χ2v) is 6.85. The number of hydrogen-bond acceptors (Lipinski definition) is 8. The molecule has 0 aliphatic rings. The van der Waals surface area contributed by atoms with Gasteiger partial charge in [-0.3, -0.25) is 0 Å². The lowest BCUT2D eigenvalue weighted by Crippen LogP contribution is -2.61. The molecule has 178 valence electrons. The highest BCUT2D eigenvalue weighted by atomic mass is 16.6. The molecule has 8 heteroatoms. The summed E-state index contributed by atoms with van der Waals surface area (Å²) in [6.07, 6.45) is 5.13. The zero-order valence-electron chi connectivity index (χ0n) is 19.1. The number of carbonyl (C=O) groups is 3. The molecule has 0 amide bonds. The third kappa shape index (κ3) is 8.43. The average molecular weight is 451 g/mol. The van der Waals surface area contributed by atoms with Crippen LogP contribution in [0.5, 0.6) is 0 Å². The predicted octanol–water partition coefficient (Wildman–Crippen LogP) is 2.76. The van der Waals surface area contributed by atoms with E-state index in [-0.39, 0.29) is 26.4 Å². The molecule has 0 spiro atoms. The highest BCUT2D eigenvalue weighted by Crippen LogP contribution is 2.21. The van der Waals surface area contributed by atoms with Crippen LogP contribution in [0, 0.1) is 0 Å². The van der Waals surface area contributed by atoms with E-state index in [1.807, 2.05) is 24.3 Å². The van der Waals surface area contributed by atoms with Crippen molar-refractivity contribution in [1.29, 1.82) is 0 Å². The summed E-state index contributed by atoms with van der Waals surface area (Å²) >= 11 is 0. The number of aliphatic hydroxyl groups is 1. The van der Waals surface area contributed by atoms with Crippen molar-refractivity contribution >= 4 is 17.9 Å². The maximum absolute atomic E-state index is 12.4. The fourth-order valence-corrected chi connectivity index (χ4v) is 2.89. The molecule has 0 fully saturated rings. The van der Waals surface area contributed by atoms with Gasteiger partial charge in [0.05, 0.1) is 19.8 Å². The standard InChI is InChI=1S/C24H34O8/c1-4-29-21(25)20(24(28,22(26)30-5-2)23(27)31-6-3)32-18-14-9-7-8-11-15-19-16-12-10-13-17-19/h7-8,10,12-13,16-17,20,28H,4-6,9,11,14-15,18H2,1-3H3. The van der Waals surface area contributed by atoms with Crippen molar-refractivity contribution in [3.63, 3.8) is 0 Å². The van der Waals surface area contributed by atoms with Crippen LogP contribution in [-0.4, -0.2) is 61.1 Å². The van der Waals surface area contributed by atoms with Crippen LogP contribution in [0.1, 0.15) is 45.6 Å². The number of rotatable bonds is 15. The molecule has 0 bridgehead atoms. The number of ether oxygens (including phenoxy) is 4. The molecule has 32 heavy (non-hydrogen) atoms.